The monoisotopic (exact) mass is 401 g/mol. The smallest absolute Gasteiger partial charge is 0.300 e. The molecule has 2 aromatic rings. The summed E-state index contributed by atoms with van der Waals surface area (Å²) in [6, 6.07) is 16.0. The zero-order chi connectivity index (χ0) is 20.5. The van der Waals surface area contributed by atoms with E-state index in [9.17, 15) is 9.59 Å². The highest BCUT2D eigenvalue weighted by Crippen LogP contribution is 2.24. The van der Waals surface area contributed by atoms with Crippen LogP contribution in [-0.2, 0) is 22.4 Å². The summed E-state index contributed by atoms with van der Waals surface area (Å²) in [4.78, 5) is 31.8. The second-order valence-electron chi connectivity index (χ2n) is 6.28. The molecule has 0 bridgehead atoms. The fourth-order valence-electron chi connectivity index (χ4n) is 2.63. The van der Waals surface area contributed by atoms with Gasteiger partial charge in [-0.1, -0.05) is 48.2 Å². The number of nitrogens with one attached hydrogen (secondary N) is 1. The van der Waals surface area contributed by atoms with Crippen molar-refractivity contribution in [1.29, 1.82) is 0 Å². The predicted molar refractivity (Wildman–Crippen MR) is 109 cm³/mol. The lowest BCUT2D eigenvalue weighted by atomic mass is 10.1. The van der Waals surface area contributed by atoms with Crippen molar-refractivity contribution < 1.29 is 24.2 Å². The number of aryl methyl sites for hydroxylation is 1. The van der Waals surface area contributed by atoms with Crippen LogP contribution in [0.15, 0.2) is 48.5 Å². The molecule has 0 aromatic heterocycles. The zero-order valence-electron chi connectivity index (χ0n) is 15.8. The SMILES string of the molecule is CC(=O)O.Cc1ccccc1CCOc1ccc(CC2SC(=O)NC2=O)cc1. The van der Waals surface area contributed by atoms with Crippen LogP contribution in [0, 0.1) is 6.92 Å². The second-order valence-corrected chi connectivity index (χ2v) is 7.45. The summed E-state index contributed by atoms with van der Waals surface area (Å²) in [7, 11) is 0. The summed E-state index contributed by atoms with van der Waals surface area (Å²) < 4.78 is 5.79. The van der Waals surface area contributed by atoms with E-state index in [2.05, 4.69) is 24.4 Å². The van der Waals surface area contributed by atoms with Gasteiger partial charge in [0.25, 0.3) is 11.2 Å². The van der Waals surface area contributed by atoms with Gasteiger partial charge in [-0.15, -0.1) is 0 Å². The highest BCUT2D eigenvalue weighted by molar-refractivity contribution is 8.15. The number of carbonyl (C=O) groups is 3. The number of hydrogen-bond donors (Lipinski definition) is 2. The van der Waals surface area contributed by atoms with Crippen LogP contribution in [-0.4, -0.2) is 34.1 Å². The van der Waals surface area contributed by atoms with E-state index in [0.717, 1.165) is 36.4 Å². The van der Waals surface area contributed by atoms with Gasteiger partial charge in [0.15, 0.2) is 0 Å². The highest BCUT2D eigenvalue weighted by Gasteiger charge is 2.31. The van der Waals surface area contributed by atoms with Gasteiger partial charge in [-0.05, 0) is 42.2 Å². The third-order valence-corrected chi connectivity index (χ3v) is 4.99. The van der Waals surface area contributed by atoms with E-state index in [1.165, 1.54) is 11.1 Å². The van der Waals surface area contributed by atoms with Gasteiger partial charge in [0.05, 0.1) is 11.9 Å². The van der Waals surface area contributed by atoms with Crippen LogP contribution in [0.4, 0.5) is 4.79 Å². The number of amides is 2. The Bertz CT molecular complexity index is 831. The minimum absolute atomic E-state index is 0.205. The number of rotatable bonds is 6. The molecule has 148 valence electrons. The first kappa shape index (κ1) is 21.5. The number of aliphatic carboxylic acids is 1. The largest absolute Gasteiger partial charge is 0.493 e. The summed E-state index contributed by atoms with van der Waals surface area (Å²) in [5.74, 6) is -0.226. The average Bonchev–Trinajstić information content (AvgIpc) is 2.95. The van der Waals surface area contributed by atoms with Crippen LogP contribution in [0.3, 0.4) is 0 Å². The fourth-order valence-corrected chi connectivity index (χ4v) is 3.49. The molecule has 0 spiro atoms. The van der Waals surface area contributed by atoms with Gasteiger partial charge in [-0.25, -0.2) is 0 Å². The number of hydrogen-bond acceptors (Lipinski definition) is 5. The average molecular weight is 401 g/mol. The number of carbonyl (C=O) groups excluding carboxylic acids is 2. The number of benzene rings is 2. The molecule has 1 aliphatic heterocycles. The summed E-state index contributed by atoms with van der Waals surface area (Å²) in [5, 5.41) is 9.13. The van der Waals surface area contributed by atoms with Gasteiger partial charge >= 0.3 is 0 Å². The van der Waals surface area contributed by atoms with Crippen LogP contribution in [0.25, 0.3) is 0 Å². The molecule has 1 atom stereocenters. The molecule has 28 heavy (non-hydrogen) atoms. The lowest BCUT2D eigenvalue weighted by Gasteiger charge is -2.10. The Morgan fingerprint density at radius 2 is 1.79 bits per heavy atom. The molecule has 1 heterocycles. The summed E-state index contributed by atoms with van der Waals surface area (Å²) in [5.41, 5.74) is 3.59. The third kappa shape index (κ3) is 7.08. The van der Waals surface area contributed by atoms with Crippen molar-refractivity contribution in [1.82, 2.24) is 5.32 Å². The Morgan fingerprint density at radius 3 is 2.36 bits per heavy atom. The van der Waals surface area contributed by atoms with E-state index >= 15 is 0 Å². The Balaban J connectivity index is 0.000000640. The third-order valence-electron chi connectivity index (χ3n) is 4.01. The van der Waals surface area contributed by atoms with Crippen molar-refractivity contribution >= 4 is 28.9 Å². The molecule has 1 unspecified atom stereocenters. The van der Waals surface area contributed by atoms with Gasteiger partial charge in [-0.3, -0.25) is 19.7 Å². The lowest BCUT2D eigenvalue weighted by molar-refractivity contribution is -0.134. The normalized spacial score (nSPS) is 15.4. The lowest BCUT2D eigenvalue weighted by Crippen LogP contribution is -2.25. The van der Waals surface area contributed by atoms with Crippen LogP contribution < -0.4 is 10.1 Å². The number of ether oxygens (including phenoxy) is 1. The van der Waals surface area contributed by atoms with Crippen LogP contribution in [0.5, 0.6) is 5.75 Å². The molecule has 1 fully saturated rings. The standard InChI is InChI=1S/C19H19NO3S.C2H4O2/c1-13-4-2-3-5-15(13)10-11-23-16-8-6-14(7-9-16)12-17-18(21)20-19(22)24-17;1-2(3)4/h2-9,17H,10-12H2,1H3,(H,20,21,22);1H3,(H,3,4). The van der Waals surface area contributed by atoms with E-state index in [1.54, 1.807) is 0 Å². The first-order chi connectivity index (χ1) is 13.3. The van der Waals surface area contributed by atoms with E-state index in [-0.39, 0.29) is 16.4 Å². The quantitative estimate of drug-likeness (QED) is 0.768. The molecule has 0 saturated carbocycles. The van der Waals surface area contributed by atoms with Crippen molar-refractivity contribution in [2.24, 2.45) is 0 Å². The number of thioether (sulfide) groups is 1. The maximum atomic E-state index is 11.6. The first-order valence-corrected chi connectivity index (χ1v) is 9.70. The molecular weight excluding hydrogens is 378 g/mol. The number of imide groups is 1. The predicted octanol–water partition coefficient (Wildman–Crippen LogP) is 3.60. The fraction of sp³-hybridized carbons (Fsp3) is 0.286. The number of carboxylic acid groups (broad SMARTS) is 1. The summed E-state index contributed by atoms with van der Waals surface area (Å²) in [6.45, 7) is 3.81. The molecule has 3 rings (SSSR count). The molecule has 1 saturated heterocycles. The van der Waals surface area contributed by atoms with Gasteiger partial charge in [0, 0.05) is 13.3 Å². The van der Waals surface area contributed by atoms with Crippen LogP contribution in [0.1, 0.15) is 23.6 Å². The molecule has 6 nitrogen and oxygen atoms in total. The Kier molecular flexibility index (Phi) is 8.07. The second kappa shape index (κ2) is 10.5. The highest BCUT2D eigenvalue weighted by atomic mass is 32.2. The van der Waals surface area contributed by atoms with Crippen LogP contribution >= 0.6 is 11.8 Å². The maximum absolute atomic E-state index is 11.6. The Hall–Kier alpha value is -2.80. The van der Waals surface area contributed by atoms with E-state index in [4.69, 9.17) is 14.6 Å². The van der Waals surface area contributed by atoms with Gasteiger partial charge in [0.1, 0.15) is 5.75 Å². The molecule has 2 N–H and O–H groups in total. The first-order valence-electron chi connectivity index (χ1n) is 8.82. The minimum Gasteiger partial charge on any atom is -0.493 e. The van der Waals surface area contributed by atoms with Crippen molar-refractivity contribution in [3.8, 4) is 5.75 Å². The van der Waals surface area contributed by atoms with Crippen molar-refractivity contribution in [2.75, 3.05) is 6.61 Å². The number of carboxylic acids is 1. The van der Waals surface area contributed by atoms with Crippen LogP contribution in [0.2, 0.25) is 0 Å². The summed E-state index contributed by atoms with van der Waals surface area (Å²) >= 11 is 1.05. The van der Waals surface area contributed by atoms with Gasteiger partial charge in [0.2, 0.25) is 5.91 Å². The molecule has 0 radical (unpaired) electrons. The summed E-state index contributed by atoms with van der Waals surface area (Å²) in [6.07, 6.45) is 1.42. The van der Waals surface area contributed by atoms with E-state index < -0.39 is 5.97 Å². The molecule has 0 aliphatic carbocycles. The molecule has 2 aromatic carbocycles. The van der Waals surface area contributed by atoms with Gasteiger partial charge < -0.3 is 9.84 Å². The Labute approximate surface area is 168 Å². The topological polar surface area (TPSA) is 92.7 Å². The molecule has 2 amide bonds. The van der Waals surface area contributed by atoms with E-state index in [1.807, 2.05) is 36.4 Å². The van der Waals surface area contributed by atoms with Crippen molar-refractivity contribution in [2.45, 2.75) is 31.9 Å². The molecule has 7 heteroatoms. The van der Waals surface area contributed by atoms with Crippen molar-refractivity contribution in [3.05, 3.63) is 65.2 Å². The Morgan fingerprint density at radius 1 is 1.14 bits per heavy atom. The molecule has 1 aliphatic rings. The minimum atomic E-state index is -0.833. The van der Waals surface area contributed by atoms with Crippen molar-refractivity contribution in [3.63, 3.8) is 0 Å². The molecular formula is C21H23NO5S. The van der Waals surface area contributed by atoms with Gasteiger partial charge in [-0.2, -0.15) is 0 Å². The van der Waals surface area contributed by atoms with E-state index in [0.29, 0.717) is 13.0 Å². The maximum Gasteiger partial charge on any atom is 0.300 e. The zero-order valence-corrected chi connectivity index (χ0v) is 16.6.